The Balaban J connectivity index is 1.57. The van der Waals surface area contributed by atoms with Gasteiger partial charge in [-0.3, -0.25) is 0 Å². The van der Waals surface area contributed by atoms with Crippen molar-refractivity contribution in [3.8, 4) is 17.1 Å². The Labute approximate surface area is 138 Å². The molecule has 2 aromatic carbocycles. The molecule has 24 heavy (non-hydrogen) atoms. The highest BCUT2D eigenvalue weighted by Crippen LogP contribution is 2.32. The summed E-state index contributed by atoms with van der Waals surface area (Å²) in [6.07, 6.45) is 0. The molecule has 3 aromatic rings. The van der Waals surface area contributed by atoms with Crippen LogP contribution in [0.4, 0.5) is 10.1 Å². The molecule has 0 amide bonds. The Morgan fingerprint density at radius 2 is 2.08 bits per heavy atom. The number of rotatable bonds is 3. The van der Waals surface area contributed by atoms with E-state index in [2.05, 4.69) is 15.0 Å². The van der Waals surface area contributed by atoms with E-state index in [1.54, 1.807) is 19.1 Å². The number of anilines is 1. The lowest BCUT2D eigenvalue weighted by Gasteiger charge is -2.29. The minimum Gasteiger partial charge on any atom is -0.490 e. The summed E-state index contributed by atoms with van der Waals surface area (Å²) < 4.78 is 24.7. The number of benzene rings is 2. The van der Waals surface area contributed by atoms with Crippen LogP contribution in [0.2, 0.25) is 0 Å². The summed E-state index contributed by atoms with van der Waals surface area (Å²) in [5.74, 6) is 1.46. The molecule has 5 nitrogen and oxygen atoms in total. The van der Waals surface area contributed by atoms with Gasteiger partial charge in [0.1, 0.15) is 18.2 Å². The monoisotopic (exact) mass is 325 g/mol. The lowest BCUT2D eigenvalue weighted by Crippen LogP contribution is -2.32. The van der Waals surface area contributed by atoms with E-state index in [0.29, 0.717) is 36.0 Å². The predicted octanol–water partition coefficient (Wildman–Crippen LogP) is 3.58. The third-order valence-corrected chi connectivity index (χ3v) is 4.05. The quantitative estimate of drug-likeness (QED) is 0.737. The van der Waals surface area contributed by atoms with Gasteiger partial charge in [-0.2, -0.15) is 4.98 Å². The Bertz CT molecular complexity index is 878. The third kappa shape index (κ3) is 2.71. The molecule has 0 fully saturated rings. The Hall–Kier alpha value is -2.89. The zero-order valence-corrected chi connectivity index (χ0v) is 13.2. The predicted molar refractivity (Wildman–Crippen MR) is 87.4 cm³/mol. The van der Waals surface area contributed by atoms with Crippen LogP contribution in [0.25, 0.3) is 11.4 Å². The number of nitrogens with zero attached hydrogens (tertiary/aromatic N) is 3. The molecule has 0 bridgehead atoms. The average Bonchev–Trinajstić information content (AvgIpc) is 3.06. The summed E-state index contributed by atoms with van der Waals surface area (Å²) in [6.45, 7) is 3.56. The zero-order valence-electron chi connectivity index (χ0n) is 13.2. The SMILES string of the molecule is Cc1ccc(-c2noc(CN3CCOc4ccccc43)n2)cc1F. The Morgan fingerprint density at radius 3 is 2.96 bits per heavy atom. The number of aryl methyl sites for hydroxylation is 1. The molecular formula is C18H16FN3O2. The van der Waals surface area contributed by atoms with Crippen LogP contribution >= 0.6 is 0 Å². The van der Waals surface area contributed by atoms with E-state index in [9.17, 15) is 4.39 Å². The summed E-state index contributed by atoms with van der Waals surface area (Å²) in [5.41, 5.74) is 2.20. The van der Waals surface area contributed by atoms with Crippen LogP contribution in [-0.2, 0) is 6.54 Å². The second-order valence-corrected chi connectivity index (χ2v) is 5.71. The number of halogens is 1. The fourth-order valence-electron chi connectivity index (χ4n) is 2.72. The first-order valence-electron chi connectivity index (χ1n) is 7.76. The molecule has 4 rings (SSSR count). The average molecular weight is 325 g/mol. The summed E-state index contributed by atoms with van der Waals surface area (Å²) in [4.78, 5) is 6.52. The highest BCUT2D eigenvalue weighted by molar-refractivity contribution is 5.60. The largest absolute Gasteiger partial charge is 0.490 e. The molecule has 2 heterocycles. The van der Waals surface area contributed by atoms with E-state index in [-0.39, 0.29) is 5.82 Å². The van der Waals surface area contributed by atoms with Crippen molar-refractivity contribution < 1.29 is 13.7 Å². The van der Waals surface area contributed by atoms with Crippen LogP contribution < -0.4 is 9.64 Å². The third-order valence-electron chi connectivity index (χ3n) is 4.05. The van der Waals surface area contributed by atoms with Gasteiger partial charge >= 0.3 is 0 Å². The topological polar surface area (TPSA) is 51.4 Å². The molecule has 0 atom stereocenters. The Kier molecular flexibility index (Phi) is 3.65. The summed E-state index contributed by atoms with van der Waals surface area (Å²) in [5, 5.41) is 3.97. The van der Waals surface area contributed by atoms with Crippen LogP contribution in [-0.4, -0.2) is 23.3 Å². The highest BCUT2D eigenvalue weighted by Gasteiger charge is 2.20. The van der Waals surface area contributed by atoms with Crippen LogP contribution in [0, 0.1) is 12.7 Å². The summed E-state index contributed by atoms with van der Waals surface area (Å²) in [6, 6.07) is 12.8. The van der Waals surface area contributed by atoms with Crippen molar-refractivity contribution in [2.75, 3.05) is 18.1 Å². The van der Waals surface area contributed by atoms with E-state index < -0.39 is 0 Å². The van der Waals surface area contributed by atoms with Gasteiger partial charge in [-0.05, 0) is 30.7 Å². The van der Waals surface area contributed by atoms with Gasteiger partial charge in [0.2, 0.25) is 11.7 Å². The summed E-state index contributed by atoms with van der Waals surface area (Å²) in [7, 11) is 0. The van der Waals surface area contributed by atoms with Gasteiger partial charge in [0.15, 0.2) is 0 Å². The Morgan fingerprint density at radius 1 is 1.21 bits per heavy atom. The fraction of sp³-hybridized carbons (Fsp3) is 0.222. The second kappa shape index (κ2) is 5.96. The molecule has 0 N–H and O–H groups in total. The molecule has 1 aliphatic heterocycles. The number of aromatic nitrogens is 2. The maximum atomic E-state index is 13.7. The first kappa shape index (κ1) is 14.7. The van der Waals surface area contributed by atoms with Gasteiger partial charge in [-0.1, -0.05) is 29.4 Å². The van der Waals surface area contributed by atoms with Crippen molar-refractivity contribution in [3.63, 3.8) is 0 Å². The van der Waals surface area contributed by atoms with E-state index in [1.807, 2.05) is 24.3 Å². The van der Waals surface area contributed by atoms with Crippen molar-refractivity contribution in [2.45, 2.75) is 13.5 Å². The van der Waals surface area contributed by atoms with E-state index in [0.717, 1.165) is 18.0 Å². The van der Waals surface area contributed by atoms with Gasteiger partial charge in [-0.25, -0.2) is 4.39 Å². The van der Waals surface area contributed by atoms with Gasteiger partial charge in [0.25, 0.3) is 0 Å². The van der Waals surface area contributed by atoms with E-state index in [1.165, 1.54) is 6.07 Å². The fourth-order valence-corrected chi connectivity index (χ4v) is 2.72. The standard InChI is InChI=1S/C18H16FN3O2/c1-12-6-7-13(10-14(12)19)18-20-17(24-21-18)11-22-8-9-23-16-5-3-2-4-15(16)22/h2-7,10H,8-9,11H2,1H3. The van der Waals surface area contributed by atoms with Crippen molar-refractivity contribution in [3.05, 3.63) is 59.7 Å². The van der Waals surface area contributed by atoms with Crippen molar-refractivity contribution >= 4 is 5.69 Å². The minimum absolute atomic E-state index is 0.277. The number of fused-ring (bicyclic) bond motifs is 1. The number of hydrogen-bond acceptors (Lipinski definition) is 5. The second-order valence-electron chi connectivity index (χ2n) is 5.71. The summed E-state index contributed by atoms with van der Waals surface area (Å²) >= 11 is 0. The molecule has 0 saturated heterocycles. The smallest absolute Gasteiger partial charge is 0.246 e. The van der Waals surface area contributed by atoms with Gasteiger partial charge in [0, 0.05) is 5.56 Å². The normalized spacial score (nSPS) is 13.5. The molecule has 0 unspecified atom stereocenters. The van der Waals surface area contributed by atoms with Crippen molar-refractivity contribution in [2.24, 2.45) is 0 Å². The van der Waals surface area contributed by atoms with Crippen LogP contribution in [0.1, 0.15) is 11.5 Å². The molecular weight excluding hydrogens is 309 g/mol. The molecule has 0 radical (unpaired) electrons. The lowest BCUT2D eigenvalue weighted by atomic mass is 10.1. The maximum absolute atomic E-state index is 13.7. The first-order valence-corrected chi connectivity index (χ1v) is 7.76. The molecule has 1 aromatic heterocycles. The molecule has 1 aliphatic rings. The minimum atomic E-state index is -0.277. The van der Waals surface area contributed by atoms with Crippen LogP contribution in [0.5, 0.6) is 5.75 Å². The first-order chi connectivity index (χ1) is 11.7. The lowest BCUT2D eigenvalue weighted by molar-refractivity contribution is 0.300. The highest BCUT2D eigenvalue weighted by atomic mass is 19.1. The number of ether oxygens (including phenoxy) is 1. The molecule has 0 saturated carbocycles. The molecule has 6 heteroatoms. The molecule has 0 spiro atoms. The van der Waals surface area contributed by atoms with Gasteiger partial charge in [0.05, 0.1) is 18.8 Å². The maximum Gasteiger partial charge on any atom is 0.246 e. The molecule has 122 valence electrons. The van der Waals surface area contributed by atoms with Crippen molar-refractivity contribution in [1.82, 2.24) is 10.1 Å². The zero-order chi connectivity index (χ0) is 16.5. The van der Waals surface area contributed by atoms with Crippen LogP contribution in [0.15, 0.2) is 47.0 Å². The number of para-hydroxylation sites is 2. The van der Waals surface area contributed by atoms with E-state index in [4.69, 9.17) is 9.26 Å². The van der Waals surface area contributed by atoms with Crippen molar-refractivity contribution in [1.29, 1.82) is 0 Å². The van der Waals surface area contributed by atoms with E-state index >= 15 is 0 Å². The van der Waals surface area contributed by atoms with Gasteiger partial charge in [-0.15, -0.1) is 0 Å². The van der Waals surface area contributed by atoms with Crippen LogP contribution in [0.3, 0.4) is 0 Å². The number of hydrogen-bond donors (Lipinski definition) is 0. The van der Waals surface area contributed by atoms with Gasteiger partial charge < -0.3 is 14.2 Å². The molecule has 0 aliphatic carbocycles.